The summed E-state index contributed by atoms with van der Waals surface area (Å²) in [6.45, 7) is 16.0. The topological polar surface area (TPSA) is 111 Å². The summed E-state index contributed by atoms with van der Waals surface area (Å²) in [5, 5.41) is 3.48. The van der Waals surface area contributed by atoms with E-state index in [4.69, 9.17) is 23.7 Å². The van der Waals surface area contributed by atoms with Gasteiger partial charge in [0, 0.05) is 64.1 Å². The van der Waals surface area contributed by atoms with E-state index in [0.717, 1.165) is 101 Å². The molecule has 0 saturated carbocycles. The standard InChI is InChI=1S/C30H43N3O4.C25H35N3O2/c1-30(2,3)37-29(34)33-16-8-14-26(33)23-36-28-18-27(19-31-20-28)32-15-7-12-24(21-32)13-9-17-35-22-25-10-5-4-6-11-25;1-2-7-22(8-3-1)19-29-14-6-10-21-9-5-13-28(18-21)24-15-25(17-26-16-24)30-20-23-11-4-12-27-23/h4-6,10-11,18-20,24,26H,7-9,12-17,21-23H2,1-3H3;1-3,7-8,15-17,21,23,27H,4-6,9-14,18-20H2/t24-,26-;21-,23-/m00/s1. The number of anilines is 2. The highest BCUT2D eigenvalue weighted by Crippen LogP contribution is 2.30. The Labute approximate surface area is 401 Å². The fourth-order valence-electron chi connectivity index (χ4n) is 9.72. The van der Waals surface area contributed by atoms with Gasteiger partial charge in [0.15, 0.2) is 0 Å². The second kappa shape index (κ2) is 26.6. The Morgan fingerprint density at radius 2 is 1.19 bits per heavy atom. The van der Waals surface area contributed by atoms with Crippen LogP contribution in [-0.4, -0.2) is 104 Å². The number of carbonyl (C=O) groups excluding carboxylic acids is 1. The van der Waals surface area contributed by atoms with Crippen LogP contribution in [0.25, 0.3) is 0 Å². The van der Waals surface area contributed by atoms with Crippen molar-refractivity contribution in [2.24, 2.45) is 11.8 Å². The maximum Gasteiger partial charge on any atom is 0.410 e. The number of hydrogen-bond acceptors (Lipinski definition) is 11. The minimum absolute atomic E-state index is 0.0296. The van der Waals surface area contributed by atoms with E-state index >= 15 is 0 Å². The van der Waals surface area contributed by atoms with E-state index in [0.29, 0.717) is 38.3 Å². The maximum absolute atomic E-state index is 12.6. The molecule has 4 aliphatic rings. The molecule has 12 nitrogen and oxygen atoms in total. The van der Waals surface area contributed by atoms with E-state index in [1.54, 1.807) is 11.1 Å². The van der Waals surface area contributed by atoms with Crippen molar-refractivity contribution >= 4 is 17.5 Å². The van der Waals surface area contributed by atoms with Crippen molar-refractivity contribution in [3.8, 4) is 11.5 Å². The van der Waals surface area contributed by atoms with E-state index in [9.17, 15) is 4.79 Å². The number of benzene rings is 2. The van der Waals surface area contributed by atoms with Gasteiger partial charge in [-0.1, -0.05) is 60.7 Å². The van der Waals surface area contributed by atoms with Gasteiger partial charge in [0.05, 0.1) is 55.4 Å². The minimum atomic E-state index is -0.495. The summed E-state index contributed by atoms with van der Waals surface area (Å²) in [6, 6.07) is 25.5. The third kappa shape index (κ3) is 17.3. The van der Waals surface area contributed by atoms with Gasteiger partial charge in [0.25, 0.3) is 0 Å². The molecule has 4 aromatic rings. The van der Waals surface area contributed by atoms with Gasteiger partial charge in [-0.25, -0.2) is 4.79 Å². The van der Waals surface area contributed by atoms with Crippen LogP contribution in [-0.2, 0) is 27.4 Å². The molecule has 2 aromatic carbocycles. The second-order valence-electron chi connectivity index (χ2n) is 19.9. The first kappa shape index (κ1) is 50.0. The average molecular weight is 919 g/mol. The maximum atomic E-state index is 12.6. The van der Waals surface area contributed by atoms with Gasteiger partial charge in [-0.2, -0.15) is 0 Å². The third-order valence-corrected chi connectivity index (χ3v) is 13.3. The number of pyridine rings is 2. The zero-order valence-electron chi connectivity index (χ0n) is 40.7. The molecule has 8 rings (SSSR count). The molecule has 1 amide bonds. The molecule has 6 heterocycles. The molecule has 4 aliphatic heterocycles. The highest BCUT2D eigenvalue weighted by Gasteiger charge is 2.33. The number of aromatic nitrogens is 2. The lowest BCUT2D eigenvalue weighted by atomic mass is 9.93. The molecule has 67 heavy (non-hydrogen) atoms. The van der Waals surface area contributed by atoms with E-state index < -0.39 is 5.60 Å². The fourth-order valence-corrected chi connectivity index (χ4v) is 9.72. The van der Waals surface area contributed by atoms with Crippen LogP contribution in [0, 0.1) is 11.8 Å². The summed E-state index contributed by atoms with van der Waals surface area (Å²) in [7, 11) is 0. The SMILES string of the molecule is CC(C)(C)OC(=O)N1CCC[C@H]1COc1cncc(N2CCC[C@@H](CCCOCc3ccccc3)C2)c1.c1ccc(COCCC[C@@H]2CCCN(c3cncc(OC[C@@H]4CCCN4)c3)C2)cc1. The number of carbonyl (C=O) groups is 1. The van der Waals surface area contributed by atoms with Gasteiger partial charge < -0.3 is 43.7 Å². The number of amides is 1. The molecule has 0 bridgehead atoms. The van der Waals surface area contributed by atoms with Crippen LogP contribution in [0.2, 0.25) is 0 Å². The van der Waals surface area contributed by atoms with E-state index in [1.807, 2.05) is 51.5 Å². The van der Waals surface area contributed by atoms with Crippen LogP contribution in [0.15, 0.2) is 97.6 Å². The summed E-state index contributed by atoms with van der Waals surface area (Å²) >= 11 is 0. The number of nitrogens with one attached hydrogen (secondary N) is 1. The molecule has 0 spiro atoms. The van der Waals surface area contributed by atoms with E-state index in [-0.39, 0.29) is 12.1 Å². The Morgan fingerprint density at radius 3 is 1.72 bits per heavy atom. The third-order valence-electron chi connectivity index (χ3n) is 13.3. The van der Waals surface area contributed by atoms with Gasteiger partial charge in [0.1, 0.15) is 30.3 Å². The normalized spacial score (nSPS) is 20.9. The van der Waals surface area contributed by atoms with Crippen molar-refractivity contribution in [2.75, 3.05) is 75.5 Å². The molecule has 4 fully saturated rings. The number of piperidine rings is 2. The highest BCUT2D eigenvalue weighted by molar-refractivity contribution is 5.69. The lowest BCUT2D eigenvalue weighted by Gasteiger charge is -2.34. The number of nitrogens with zero attached hydrogens (tertiary/aromatic N) is 5. The largest absolute Gasteiger partial charge is 0.490 e. The Morgan fingerprint density at radius 1 is 0.657 bits per heavy atom. The van der Waals surface area contributed by atoms with Gasteiger partial charge in [-0.05, 0) is 127 Å². The van der Waals surface area contributed by atoms with E-state index in [1.165, 1.54) is 68.2 Å². The van der Waals surface area contributed by atoms with Gasteiger partial charge in [0.2, 0.25) is 0 Å². The van der Waals surface area contributed by atoms with E-state index in [2.05, 4.69) is 85.7 Å². The first-order chi connectivity index (χ1) is 32.7. The van der Waals surface area contributed by atoms with Crippen molar-refractivity contribution in [3.05, 3.63) is 109 Å². The Balaban J connectivity index is 0.000000203. The van der Waals surface area contributed by atoms with Gasteiger partial charge in [-0.15, -0.1) is 0 Å². The van der Waals surface area contributed by atoms with Crippen LogP contribution in [0.5, 0.6) is 11.5 Å². The first-order valence-electron chi connectivity index (χ1n) is 25.4. The second-order valence-corrected chi connectivity index (χ2v) is 19.9. The minimum Gasteiger partial charge on any atom is -0.490 e. The van der Waals surface area contributed by atoms with Crippen LogP contribution >= 0.6 is 0 Å². The number of hydrogen-bond donors (Lipinski definition) is 1. The summed E-state index contributed by atoms with van der Waals surface area (Å²) in [4.78, 5) is 28.2. The number of likely N-dealkylation sites (tertiary alicyclic amines) is 1. The number of rotatable bonds is 20. The molecule has 4 atom stereocenters. The highest BCUT2D eigenvalue weighted by atomic mass is 16.6. The van der Waals surface area contributed by atoms with Crippen LogP contribution < -0.4 is 24.6 Å². The van der Waals surface area contributed by atoms with Crippen molar-refractivity contribution in [1.29, 1.82) is 0 Å². The van der Waals surface area contributed by atoms with Crippen molar-refractivity contribution < 1.29 is 28.5 Å². The summed E-state index contributed by atoms with van der Waals surface area (Å²) in [6.07, 6.45) is 21.2. The van der Waals surface area contributed by atoms with Crippen LogP contribution in [0.4, 0.5) is 16.2 Å². The molecule has 0 unspecified atom stereocenters. The summed E-state index contributed by atoms with van der Waals surface area (Å²) in [5.41, 5.74) is 4.28. The molecule has 4 saturated heterocycles. The molecular weight excluding hydrogens is 841 g/mol. The van der Waals surface area contributed by atoms with Gasteiger partial charge >= 0.3 is 6.09 Å². The molecule has 0 aliphatic carbocycles. The molecule has 12 heteroatoms. The van der Waals surface area contributed by atoms with Gasteiger partial charge in [-0.3, -0.25) is 9.97 Å². The Hall–Kier alpha value is -4.91. The number of ether oxygens (including phenoxy) is 5. The Bertz CT molecular complexity index is 2010. The lowest BCUT2D eigenvalue weighted by Crippen LogP contribution is -2.42. The first-order valence-corrected chi connectivity index (χ1v) is 25.4. The molecule has 364 valence electrons. The summed E-state index contributed by atoms with van der Waals surface area (Å²) in [5.74, 6) is 3.04. The zero-order valence-corrected chi connectivity index (χ0v) is 40.7. The molecule has 2 aromatic heterocycles. The smallest absolute Gasteiger partial charge is 0.410 e. The molecular formula is C55H78N6O6. The van der Waals surface area contributed by atoms with Crippen molar-refractivity contribution in [1.82, 2.24) is 20.2 Å². The predicted octanol–water partition coefficient (Wildman–Crippen LogP) is 10.5. The fraction of sp³-hybridized carbons (Fsp3) is 0.582. The quantitative estimate of drug-likeness (QED) is 0.0856. The summed E-state index contributed by atoms with van der Waals surface area (Å²) < 4.78 is 29.5. The molecule has 0 radical (unpaired) electrons. The Kier molecular flexibility index (Phi) is 19.8. The van der Waals surface area contributed by atoms with Crippen LogP contribution in [0.1, 0.15) is 109 Å². The average Bonchev–Trinajstić information content (AvgIpc) is 4.07. The van der Waals surface area contributed by atoms with Crippen molar-refractivity contribution in [3.63, 3.8) is 0 Å². The molecule has 1 N–H and O–H groups in total. The van der Waals surface area contributed by atoms with Crippen molar-refractivity contribution in [2.45, 2.75) is 129 Å². The zero-order chi connectivity index (χ0) is 46.5. The lowest BCUT2D eigenvalue weighted by molar-refractivity contribution is 0.0187. The monoisotopic (exact) mass is 919 g/mol. The predicted molar refractivity (Wildman–Crippen MR) is 267 cm³/mol. The van der Waals surface area contributed by atoms with Crippen LogP contribution in [0.3, 0.4) is 0 Å².